The van der Waals surface area contributed by atoms with Crippen LogP contribution in [0.5, 0.6) is 5.75 Å². The molecule has 0 heterocycles. The summed E-state index contributed by atoms with van der Waals surface area (Å²) in [6.45, 7) is 2.86. The number of hydrogen-bond donors (Lipinski definition) is 2. The van der Waals surface area contributed by atoms with Crippen LogP contribution in [0.15, 0.2) is 49.8 Å². The van der Waals surface area contributed by atoms with Crippen LogP contribution in [-0.4, -0.2) is 5.11 Å². The molecule has 0 radical (unpaired) electrons. The van der Waals surface area contributed by atoms with Crippen LogP contribution in [0.2, 0.25) is 0 Å². The zero-order chi connectivity index (χ0) is 14.7. The molecule has 5 heteroatoms. The second kappa shape index (κ2) is 7.07. The molecule has 106 valence electrons. The van der Waals surface area contributed by atoms with Gasteiger partial charge < -0.3 is 10.4 Å². The van der Waals surface area contributed by atoms with E-state index in [1.807, 2.05) is 24.3 Å². The van der Waals surface area contributed by atoms with Gasteiger partial charge in [0.2, 0.25) is 0 Å². The Morgan fingerprint density at radius 2 is 1.60 bits per heavy atom. The van der Waals surface area contributed by atoms with E-state index in [9.17, 15) is 5.11 Å². The Balaban J connectivity index is 2.03. The molecule has 20 heavy (non-hydrogen) atoms. The van der Waals surface area contributed by atoms with Crippen molar-refractivity contribution in [2.75, 3.05) is 0 Å². The predicted octanol–water partition coefficient (Wildman–Crippen LogP) is 5.53. The van der Waals surface area contributed by atoms with E-state index in [1.165, 1.54) is 5.56 Å². The van der Waals surface area contributed by atoms with Crippen LogP contribution in [-0.2, 0) is 6.54 Å². The van der Waals surface area contributed by atoms with Gasteiger partial charge in [-0.15, -0.1) is 0 Å². The Bertz CT molecular complexity index is 576. The molecule has 2 aromatic rings. The first-order valence-electron chi connectivity index (χ1n) is 6.13. The fourth-order valence-corrected chi connectivity index (χ4v) is 3.41. The molecule has 0 bridgehead atoms. The van der Waals surface area contributed by atoms with Gasteiger partial charge in [-0.1, -0.05) is 28.1 Å². The fraction of sp³-hybridized carbons (Fsp3) is 0.200. The molecule has 0 aliphatic heterocycles. The van der Waals surface area contributed by atoms with E-state index in [0.29, 0.717) is 8.95 Å². The van der Waals surface area contributed by atoms with E-state index in [1.54, 1.807) is 0 Å². The largest absolute Gasteiger partial charge is 0.506 e. The zero-order valence-corrected chi connectivity index (χ0v) is 15.6. The zero-order valence-electron chi connectivity index (χ0n) is 10.8. The minimum atomic E-state index is 0.231. The van der Waals surface area contributed by atoms with Gasteiger partial charge in [0.1, 0.15) is 5.75 Å². The van der Waals surface area contributed by atoms with Crippen molar-refractivity contribution in [1.82, 2.24) is 5.32 Å². The SMILES string of the molecule is CC(NCc1cc(Br)c(O)c(Br)c1)c1ccc(Br)cc1. The first kappa shape index (κ1) is 16.0. The summed E-state index contributed by atoms with van der Waals surface area (Å²) in [6.07, 6.45) is 0. The smallest absolute Gasteiger partial charge is 0.143 e. The molecule has 2 rings (SSSR count). The highest BCUT2D eigenvalue weighted by atomic mass is 79.9. The summed E-state index contributed by atoms with van der Waals surface area (Å²) < 4.78 is 2.47. The Labute approximate surface area is 144 Å². The predicted molar refractivity (Wildman–Crippen MR) is 92.9 cm³/mol. The maximum absolute atomic E-state index is 9.69. The molecular weight excluding hydrogens is 450 g/mol. The number of phenols is 1. The average molecular weight is 464 g/mol. The Hall–Kier alpha value is -0.360. The highest BCUT2D eigenvalue weighted by molar-refractivity contribution is 9.11. The number of phenolic OH excluding ortho intramolecular Hbond substituents is 1. The molecule has 1 unspecified atom stereocenters. The van der Waals surface area contributed by atoms with Gasteiger partial charge in [-0.2, -0.15) is 0 Å². The molecule has 2 nitrogen and oxygen atoms in total. The second-order valence-electron chi connectivity index (χ2n) is 4.56. The molecule has 0 aliphatic rings. The number of halogens is 3. The van der Waals surface area contributed by atoms with E-state index < -0.39 is 0 Å². The quantitative estimate of drug-likeness (QED) is 0.624. The monoisotopic (exact) mass is 461 g/mol. The molecule has 0 aliphatic carbocycles. The second-order valence-corrected chi connectivity index (χ2v) is 7.19. The van der Waals surface area contributed by atoms with Gasteiger partial charge >= 0.3 is 0 Å². The minimum absolute atomic E-state index is 0.231. The molecule has 2 aromatic carbocycles. The van der Waals surface area contributed by atoms with Gasteiger partial charge in [0.05, 0.1) is 8.95 Å². The number of rotatable bonds is 4. The lowest BCUT2D eigenvalue weighted by Crippen LogP contribution is -2.18. The lowest BCUT2D eigenvalue weighted by molar-refractivity contribution is 0.467. The van der Waals surface area contributed by atoms with Gasteiger partial charge in [-0.25, -0.2) is 0 Å². The van der Waals surface area contributed by atoms with Crippen molar-refractivity contribution in [1.29, 1.82) is 0 Å². The molecule has 0 spiro atoms. The van der Waals surface area contributed by atoms with Crippen molar-refractivity contribution in [3.63, 3.8) is 0 Å². The molecule has 1 atom stereocenters. The van der Waals surface area contributed by atoms with Gasteiger partial charge in [-0.3, -0.25) is 0 Å². The van der Waals surface area contributed by atoms with Crippen molar-refractivity contribution < 1.29 is 5.11 Å². The molecule has 0 saturated heterocycles. The van der Waals surface area contributed by atoms with Crippen LogP contribution in [0, 0.1) is 0 Å². The molecule has 0 amide bonds. The van der Waals surface area contributed by atoms with Crippen LogP contribution in [0.3, 0.4) is 0 Å². The fourth-order valence-electron chi connectivity index (χ4n) is 1.86. The minimum Gasteiger partial charge on any atom is -0.506 e. The summed E-state index contributed by atoms with van der Waals surface area (Å²) in [6, 6.07) is 12.4. The normalized spacial score (nSPS) is 12.4. The summed E-state index contributed by atoms with van der Waals surface area (Å²) in [5.41, 5.74) is 2.34. The number of hydrogen-bond acceptors (Lipinski definition) is 2. The summed E-state index contributed by atoms with van der Waals surface area (Å²) in [5.74, 6) is 0.231. The van der Waals surface area contributed by atoms with Crippen molar-refractivity contribution in [3.8, 4) is 5.75 Å². The maximum atomic E-state index is 9.69. The molecule has 0 aromatic heterocycles. The molecule has 0 saturated carbocycles. The first-order chi connectivity index (χ1) is 9.47. The van der Waals surface area contributed by atoms with Gasteiger partial charge in [0.25, 0.3) is 0 Å². The average Bonchev–Trinajstić information content (AvgIpc) is 2.42. The number of nitrogens with one attached hydrogen (secondary N) is 1. The van der Waals surface area contributed by atoms with Crippen molar-refractivity contribution in [2.45, 2.75) is 19.5 Å². The van der Waals surface area contributed by atoms with E-state index >= 15 is 0 Å². The van der Waals surface area contributed by atoms with E-state index in [2.05, 4.69) is 72.2 Å². The third-order valence-corrected chi connectivity index (χ3v) is 4.80. The number of aromatic hydroxyl groups is 1. The van der Waals surface area contributed by atoms with Crippen molar-refractivity contribution in [2.24, 2.45) is 0 Å². The van der Waals surface area contributed by atoms with E-state index in [-0.39, 0.29) is 11.8 Å². The Morgan fingerprint density at radius 1 is 1.05 bits per heavy atom. The third-order valence-electron chi connectivity index (χ3n) is 3.06. The third kappa shape index (κ3) is 4.07. The van der Waals surface area contributed by atoms with Crippen LogP contribution in [0.1, 0.15) is 24.1 Å². The van der Waals surface area contributed by atoms with E-state index in [0.717, 1.165) is 16.6 Å². The van der Waals surface area contributed by atoms with E-state index in [4.69, 9.17) is 0 Å². The van der Waals surface area contributed by atoms with Crippen molar-refractivity contribution >= 4 is 47.8 Å². The molecule has 2 N–H and O–H groups in total. The maximum Gasteiger partial charge on any atom is 0.143 e. The lowest BCUT2D eigenvalue weighted by Gasteiger charge is -2.15. The summed E-state index contributed by atoms with van der Waals surface area (Å²) in [4.78, 5) is 0. The number of benzene rings is 2. The topological polar surface area (TPSA) is 32.3 Å². The van der Waals surface area contributed by atoms with Crippen LogP contribution in [0.4, 0.5) is 0 Å². The van der Waals surface area contributed by atoms with Gasteiger partial charge in [-0.05, 0) is 74.2 Å². The lowest BCUT2D eigenvalue weighted by atomic mass is 10.1. The standard InChI is InChI=1S/C15H14Br3NO/c1-9(11-2-4-12(16)5-3-11)19-8-10-6-13(17)15(20)14(18)7-10/h2-7,9,19-20H,8H2,1H3. The summed E-state index contributed by atoms with van der Waals surface area (Å²) in [5, 5.41) is 13.2. The van der Waals surface area contributed by atoms with Gasteiger partial charge in [0, 0.05) is 17.1 Å². The Morgan fingerprint density at radius 3 is 2.15 bits per heavy atom. The summed E-state index contributed by atoms with van der Waals surface area (Å²) in [7, 11) is 0. The first-order valence-corrected chi connectivity index (χ1v) is 8.51. The van der Waals surface area contributed by atoms with Crippen LogP contribution >= 0.6 is 47.8 Å². The Kier molecular flexibility index (Phi) is 5.66. The molecular formula is C15H14Br3NO. The summed E-state index contributed by atoms with van der Waals surface area (Å²) >= 11 is 10.1. The molecule has 0 fully saturated rings. The van der Waals surface area contributed by atoms with Crippen molar-refractivity contribution in [3.05, 3.63) is 60.9 Å². The highest BCUT2D eigenvalue weighted by Gasteiger charge is 2.08. The van der Waals surface area contributed by atoms with Gasteiger partial charge in [0.15, 0.2) is 0 Å². The van der Waals surface area contributed by atoms with Crippen LogP contribution in [0.25, 0.3) is 0 Å². The van der Waals surface area contributed by atoms with Crippen LogP contribution < -0.4 is 5.32 Å². The highest BCUT2D eigenvalue weighted by Crippen LogP contribution is 2.33.